The smallest absolute Gasteiger partial charge is 0.407 e. The lowest BCUT2D eigenvalue weighted by Crippen LogP contribution is -2.37. The summed E-state index contributed by atoms with van der Waals surface area (Å²) >= 11 is 0. The van der Waals surface area contributed by atoms with E-state index in [0.29, 0.717) is 24.9 Å². The van der Waals surface area contributed by atoms with Gasteiger partial charge in [-0.1, -0.05) is 0 Å². The van der Waals surface area contributed by atoms with Crippen LogP contribution in [0.15, 0.2) is 36.8 Å². The van der Waals surface area contributed by atoms with E-state index in [1.54, 1.807) is 12.5 Å². The summed E-state index contributed by atoms with van der Waals surface area (Å²) < 4.78 is 7.45. The molecule has 1 N–H and O–H groups in total. The van der Waals surface area contributed by atoms with Gasteiger partial charge in [-0.15, -0.1) is 0 Å². The van der Waals surface area contributed by atoms with Gasteiger partial charge in [0.1, 0.15) is 6.33 Å². The number of carbonyl (C=O) groups is 1. The molecule has 1 aliphatic carbocycles. The molecule has 142 valence electrons. The van der Waals surface area contributed by atoms with Gasteiger partial charge in [0.05, 0.1) is 30.0 Å². The minimum absolute atomic E-state index is 0.0250. The number of fused-ring (bicyclic) bond motifs is 3. The van der Waals surface area contributed by atoms with E-state index in [1.807, 2.05) is 38.1 Å². The second-order valence-electron chi connectivity index (χ2n) is 7.26. The highest BCUT2D eigenvalue weighted by molar-refractivity contribution is 5.88. The summed E-state index contributed by atoms with van der Waals surface area (Å²) in [6.45, 7) is 4.27. The van der Waals surface area contributed by atoms with Crippen molar-refractivity contribution in [3.05, 3.63) is 59.3 Å². The summed E-state index contributed by atoms with van der Waals surface area (Å²) in [5, 5.41) is 13.3. The lowest BCUT2D eigenvalue weighted by Gasteiger charge is -2.16. The normalized spacial score (nSPS) is 15.4. The Bertz CT molecular complexity index is 1070. The van der Waals surface area contributed by atoms with Crippen LogP contribution in [0.3, 0.4) is 0 Å². The van der Waals surface area contributed by atoms with Crippen molar-refractivity contribution in [3.8, 4) is 6.07 Å². The Balaban J connectivity index is 1.69. The third-order valence-electron chi connectivity index (χ3n) is 4.93. The van der Waals surface area contributed by atoms with Crippen LogP contribution in [0.25, 0.3) is 10.9 Å². The van der Waals surface area contributed by atoms with E-state index in [1.165, 1.54) is 11.3 Å². The lowest BCUT2D eigenvalue weighted by molar-refractivity contribution is 0.112. The molecule has 1 aliphatic rings. The average molecular weight is 375 g/mol. The minimum atomic E-state index is -0.394. The van der Waals surface area contributed by atoms with Gasteiger partial charge in [-0.3, -0.25) is 0 Å². The Labute approximate surface area is 163 Å². The fourth-order valence-corrected chi connectivity index (χ4v) is 3.83. The molecule has 3 aromatic rings. The fourth-order valence-electron chi connectivity index (χ4n) is 3.83. The molecule has 0 radical (unpaired) electrons. The van der Waals surface area contributed by atoms with Gasteiger partial charge < -0.3 is 14.6 Å². The van der Waals surface area contributed by atoms with E-state index < -0.39 is 6.09 Å². The van der Waals surface area contributed by atoms with Gasteiger partial charge >= 0.3 is 6.09 Å². The molecule has 0 aliphatic heterocycles. The van der Waals surface area contributed by atoms with Crippen molar-refractivity contribution in [2.45, 2.75) is 45.4 Å². The molecule has 0 spiro atoms. The number of nitriles is 1. The van der Waals surface area contributed by atoms with Crippen LogP contribution in [0.4, 0.5) is 4.79 Å². The first-order valence-electron chi connectivity index (χ1n) is 9.31. The zero-order chi connectivity index (χ0) is 19.7. The second kappa shape index (κ2) is 7.31. The van der Waals surface area contributed by atoms with Crippen molar-refractivity contribution in [3.63, 3.8) is 0 Å². The van der Waals surface area contributed by atoms with Gasteiger partial charge in [0, 0.05) is 35.3 Å². The monoisotopic (exact) mass is 375 g/mol. The maximum Gasteiger partial charge on any atom is 0.407 e. The quantitative estimate of drug-likeness (QED) is 0.757. The summed E-state index contributed by atoms with van der Waals surface area (Å²) in [5.41, 5.74) is 4.96. The predicted molar refractivity (Wildman–Crippen MR) is 104 cm³/mol. The van der Waals surface area contributed by atoms with Gasteiger partial charge in [0.2, 0.25) is 0 Å². The van der Waals surface area contributed by atoms with Gasteiger partial charge in [0.25, 0.3) is 0 Å². The molecule has 1 aromatic carbocycles. The third-order valence-corrected chi connectivity index (χ3v) is 4.93. The number of aromatic nitrogens is 3. The molecule has 28 heavy (non-hydrogen) atoms. The fraction of sp³-hybridized carbons (Fsp3) is 0.333. The first kappa shape index (κ1) is 18.0. The summed E-state index contributed by atoms with van der Waals surface area (Å²) in [6, 6.07) is 9.84. The van der Waals surface area contributed by atoms with Gasteiger partial charge in [-0.2, -0.15) is 5.26 Å². The zero-order valence-corrected chi connectivity index (χ0v) is 15.8. The summed E-state index contributed by atoms with van der Waals surface area (Å²) in [6.07, 6.45) is 4.15. The van der Waals surface area contributed by atoms with Crippen molar-refractivity contribution in [2.75, 3.05) is 0 Å². The molecule has 0 saturated heterocycles. The van der Waals surface area contributed by atoms with E-state index in [2.05, 4.69) is 25.9 Å². The number of ether oxygens (including phenoxy) is 1. The van der Waals surface area contributed by atoms with E-state index in [9.17, 15) is 10.1 Å². The first-order valence-corrected chi connectivity index (χ1v) is 9.31. The average Bonchev–Trinajstić information content (AvgIpc) is 3.19. The van der Waals surface area contributed by atoms with Gasteiger partial charge in [0.15, 0.2) is 0 Å². The molecule has 4 rings (SSSR count). The number of amides is 1. The minimum Gasteiger partial charge on any atom is -0.447 e. The molecule has 7 heteroatoms. The number of rotatable bonds is 4. The highest BCUT2D eigenvalue weighted by Crippen LogP contribution is 2.34. The van der Waals surface area contributed by atoms with Crippen LogP contribution in [0.1, 0.15) is 36.4 Å². The summed E-state index contributed by atoms with van der Waals surface area (Å²) in [5.74, 6) is 0. The number of hydrogen-bond acceptors (Lipinski definition) is 5. The highest BCUT2D eigenvalue weighted by Gasteiger charge is 2.30. The van der Waals surface area contributed by atoms with E-state index >= 15 is 0 Å². The van der Waals surface area contributed by atoms with Crippen molar-refractivity contribution < 1.29 is 9.53 Å². The Hall–Kier alpha value is -3.40. The van der Waals surface area contributed by atoms with Crippen LogP contribution < -0.4 is 5.32 Å². The van der Waals surface area contributed by atoms with Crippen LogP contribution in [-0.2, 0) is 24.1 Å². The number of alkyl carbamates (subject to hydrolysis) is 1. The maximum absolute atomic E-state index is 12.0. The van der Waals surface area contributed by atoms with Crippen molar-refractivity contribution >= 4 is 17.0 Å². The molecular formula is C21H21N5O2. The Morgan fingerprint density at radius 2 is 2.25 bits per heavy atom. The Morgan fingerprint density at radius 1 is 1.39 bits per heavy atom. The molecule has 2 aromatic heterocycles. The molecule has 2 heterocycles. The van der Waals surface area contributed by atoms with Crippen molar-refractivity contribution in [2.24, 2.45) is 0 Å². The van der Waals surface area contributed by atoms with E-state index in [-0.39, 0.29) is 12.1 Å². The second-order valence-corrected chi connectivity index (χ2v) is 7.26. The summed E-state index contributed by atoms with van der Waals surface area (Å²) in [4.78, 5) is 20.4. The highest BCUT2D eigenvalue weighted by atomic mass is 16.6. The molecule has 0 saturated carbocycles. The van der Waals surface area contributed by atoms with Crippen molar-refractivity contribution in [1.82, 2.24) is 19.9 Å². The molecule has 0 bridgehead atoms. The van der Waals surface area contributed by atoms with Crippen LogP contribution in [0.5, 0.6) is 0 Å². The molecule has 0 fully saturated rings. The third kappa shape index (κ3) is 3.41. The predicted octanol–water partition coefficient (Wildman–Crippen LogP) is 2.95. The van der Waals surface area contributed by atoms with Crippen LogP contribution in [0.2, 0.25) is 0 Å². The molecule has 7 nitrogen and oxygen atoms in total. The first-order chi connectivity index (χ1) is 13.5. The number of hydrogen-bond donors (Lipinski definition) is 1. The van der Waals surface area contributed by atoms with Crippen LogP contribution in [0, 0.1) is 11.3 Å². The van der Waals surface area contributed by atoms with E-state index in [4.69, 9.17) is 4.74 Å². The Kier molecular flexibility index (Phi) is 4.70. The Morgan fingerprint density at radius 3 is 2.96 bits per heavy atom. The lowest BCUT2D eigenvalue weighted by atomic mass is 10.1. The molecule has 1 amide bonds. The molecule has 1 atom stereocenters. The largest absolute Gasteiger partial charge is 0.447 e. The number of nitrogens with zero attached hydrogens (tertiary/aromatic N) is 4. The standard InChI is InChI=1S/C21H21N5O2/c1-13(2)28-21(27)25-16-8-18-17-7-14(10-22)3-4-19(17)26(20(18)9-16)11-15-5-6-23-12-24-15/h3-7,12-13,16H,8-9,11H2,1-2H3,(H,25,27)/t16-/m0/s1. The zero-order valence-electron chi connectivity index (χ0n) is 15.8. The van der Waals surface area contributed by atoms with Gasteiger partial charge in [-0.25, -0.2) is 14.8 Å². The number of carbonyl (C=O) groups excluding carboxylic acids is 1. The summed E-state index contributed by atoms with van der Waals surface area (Å²) in [7, 11) is 0. The van der Waals surface area contributed by atoms with Crippen LogP contribution >= 0.6 is 0 Å². The van der Waals surface area contributed by atoms with Crippen LogP contribution in [-0.4, -0.2) is 32.8 Å². The number of benzene rings is 1. The van der Waals surface area contributed by atoms with E-state index in [0.717, 1.165) is 16.6 Å². The number of nitrogens with one attached hydrogen (secondary N) is 1. The SMILES string of the molecule is CC(C)OC(=O)N[C@H]1Cc2c(n(Cc3ccncn3)c3ccc(C#N)cc23)C1. The molecular weight excluding hydrogens is 354 g/mol. The molecule has 0 unspecified atom stereocenters. The van der Waals surface area contributed by atoms with Gasteiger partial charge in [-0.05, 0) is 50.1 Å². The topological polar surface area (TPSA) is 92.8 Å². The maximum atomic E-state index is 12.0. The van der Waals surface area contributed by atoms with Crippen molar-refractivity contribution in [1.29, 1.82) is 5.26 Å².